The van der Waals surface area contributed by atoms with Gasteiger partial charge in [0, 0.05) is 6.20 Å². The second-order valence-electron chi connectivity index (χ2n) is 4.39. The van der Waals surface area contributed by atoms with Gasteiger partial charge < -0.3 is 0 Å². The van der Waals surface area contributed by atoms with Crippen LogP contribution in [0.2, 0.25) is 0 Å². The van der Waals surface area contributed by atoms with Crippen LogP contribution in [0.15, 0.2) is 42.6 Å². The largest absolute Gasteiger partial charge is 0.267 e. The Morgan fingerprint density at radius 2 is 1.90 bits per heavy atom. The fourth-order valence-electron chi connectivity index (χ4n) is 1.62. The number of sulfonamides is 1. The summed E-state index contributed by atoms with van der Waals surface area (Å²) in [4.78, 5) is 4.00. The Morgan fingerprint density at radius 1 is 1.20 bits per heavy atom. The number of hydrogen-bond donors (Lipinski definition) is 1. The zero-order valence-corrected chi connectivity index (χ0v) is 11.7. The SMILES string of the molecule is Cc1ccc(NS(=O)(=O)Cc2ccc(C#N)cc2)nc1. The first-order chi connectivity index (χ1) is 9.48. The average Bonchev–Trinajstić information content (AvgIpc) is 2.41. The average molecular weight is 287 g/mol. The number of hydrogen-bond acceptors (Lipinski definition) is 4. The van der Waals surface area contributed by atoms with Crippen LogP contribution in [0.3, 0.4) is 0 Å². The van der Waals surface area contributed by atoms with Crippen LogP contribution in [0.4, 0.5) is 5.82 Å². The van der Waals surface area contributed by atoms with E-state index in [0.717, 1.165) is 5.56 Å². The van der Waals surface area contributed by atoms with Crippen LogP contribution in [-0.2, 0) is 15.8 Å². The van der Waals surface area contributed by atoms with E-state index >= 15 is 0 Å². The van der Waals surface area contributed by atoms with Gasteiger partial charge in [-0.25, -0.2) is 13.4 Å². The molecule has 0 spiro atoms. The molecule has 0 amide bonds. The van der Waals surface area contributed by atoms with Gasteiger partial charge in [0.15, 0.2) is 0 Å². The molecule has 0 aliphatic heterocycles. The van der Waals surface area contributed by atoms with Crippen molar-refractivity contribution in [3.05, 3.63) is 59.3 Å². The number of aromatic nitrogens is 1. The van der Waals surface area contributed by atoms with Crippen molar-refractivity contribution in [1.82, 2.24) is 4.98 Å². The van der Waals surface area contributed by atoms with E-state index in [2.05, 4.69) is 9.71 Å². The Bertz CT molecular complexity index is 729. The van der Waals surface area contributed by atoms with Gasteiger partial charge in [0.2, 0.25) is 10.0 Å². The predicted octanol–water partition coefficient (Wildman–Crippen LogP) is 2.20. The first-order valence-corrected chi connectivity index (χ1v) is 7.56. The van der Waals surface area contributed by atoms with Crippen LogP contribution < -0.4 is 4.72 Å². The molecule has 0 aliphatic rings. The molecular weight excluding hydrogens is 274 g/mol. The maximum atomic E-state index is 12.0. The molecule has 0 unspecified atom stereocenters. The minimum atomic E-state index is -3.52. The maximum Gasteiger partial charge on any atom is 0.238 e. The van der Waals surface area contributed by atoms with E-state index in [1.807, 2.05) is 13.0 Å². The molecule has 1 aromatic heterocycles. The topological polar surface area (TPSA) is 82.9 Å². The maximum absolute atomic E-state index is 12.0. The number of nitrogens with zero attached hydrogens (tertiary/aromatic N) is 2. The van der Waals surface area contributed by atoms with E-state index in [9.17, 15) is 8.42 Å². The summed E-state index contributed by atoms with van der Waals surface area (Å²) in [5, 5.41) is 8.69. The summed E-state index contributed by atoms with van der Waals surface area (Å²) >= 11 is 0. The molecule has 0 saturated heterocycles. The van der Waals surface area contributed by atoms with E-state index in [1.54, 1.807) is 42.6 Å². The number of nitriles is 1. The molecule has 5 nitrogen and oxygen atoms in total. The minimum Gasteiger partial charge on any atom is -0.267 e. The van der Waals surface area contributed by atoms with Crippen LogP contribution in [0.1, 0.15) is 16.7 Å². The summed E-state index contributed by atoms with van der Waals surface area (Å²) < 4.78 is 26.4. The summed E-state index contributed by atoms with van der Waals surface area (Å²) in [5.41, 5.74) is 2.07. The Kier molecular flexibility index (Phi) is 4.01. The number of anilines is 1. The lowest BCUT2D eigenvalue weighted by Gasteiger charge is -2.07. The lowest BCUT2D eigenvalue weighted by atomic mass is 10.2. The Morgan fingerprint density at radius 3 is 2.45 bits per heavy atom. The fraction of sp³-hybridized carbons (Fsp3) is 0.143. The van der Waals surface area contributed by atoms with E-state index in [4.69, 9.17) is 5.26 Å². The monoisotopic (exact) mass is 287 g/mol. The standard InChI is InChI=1S/C14H13N3O2S/c1-11-2-7-14(16-9-11)17-20(18,19)10-13-5-3-12(8-15)4-6-13/h2-7,9H,10H2,1H3,(H,16,17). The predicted molar refractivity (Wildman–Crippen MR) is 76.4 cm³/mol. The minimum absolute atomic E-state index is 0.158. The smallest absolute Gasteiger partial charge is 0.238 e. The Hall–Kier alpha value is -2.39. The van der Waals surface area contributed by atoms with Crippen molar-refractivity contribution in [2.45, 2.75) is 12.7 Å². The molecule has 1 aromatic carbocycles. The third-order valence-corrected chi connectivity index (χ3v) is 3.84. The molecule has 6 heteroatoms. The highest BCUT2D eigenvalue weighted by molar-refractivity contribution is 7.91. The van der Waals surface area contributed by atoms with Crippen LogP contribution in [0.5, 0.6) is 0 Å². The number of aryl methyl sites for hydroxylation is 1. The first-order valence-electron chi connectivity index (χ1n) is 5.91. The van der Waals surface area contributed by atoms with Crippen LogP contribution >= 0.6 is 0 Å². The molecule has 0 atom stereocenters. The van der Waals surface area contributed by atoms with Gasteiger partial charge in [0.05, 0.1) is 17.4 Å². The molecule has 20 heavy (non-hydrogen) atoms. The number of benzene rings is 1. The zero-order chi connectivity index (χ0) is 14.6. The third-order valence-electron chi connectivity index (χ3n) is 2.61. The normalized spacial score (nSPS) is 10.8. The van der Waals surface area contributed by atoms with Crippen LogP contribution in [0.25, 0.3) is 0 Å². The number of rotatable bonds is 4. The summed E-state index contributed by atoms with van der Waals surface area (Å²) in [7, 11) is -3.52. The van der Waals surface area contributed by atoms with Gasteiger partial charge in [-0.15, -0.1) is 0 Å². The van der Waals surface area contributed by atoms with Crippen molar-refractivity contribution in [2.24, 2.45) is 0 Å². The summed E-state index contributed by atoms with van der Waals surface area (Å²) in [6, 6.07) is 11.8. The van der Waals surface area contributed by atoms with Crippen LogP contribution in [0, 0.1) is 18.3 Å². The third kappa shape index (κ3) is 3.80. The molecule has 0 radical (unpaired) electrons. The van der Waals surface area contributed by atoms with Crippen molar-refractivity contribution in [3.8, 4) is 6.07 Å². The Labute approximate surface area is 118 Å². The molecule has 1 N–H and O–H groups in total. The molecule has 102 valence electrons. The second kappa shape index (κ2) is 5.72. The van der Waals surface area contributed by atoms with Gasteiger partial charge in [-0.1, -0.05) is 18.2 Å². The molecule has 1 heterocycles. The number of nitrogens with one attached hydrogen (secondary N) is 1. The van der Waals surface area contributed by atoms with Gasteiger partial charge in [0.1, 0.15) is 5.82 Å². The van der Waals surface area contributed by atoms with Crippen molar-refractivity contribution in [2.75, 3.05) is 4.72 Å². The van der Waals surface area contributed by atoms with Crippen molar-refractivity contribution in [3.63, 3.8) is 0 Å². The van der Waals surface area contributed by atoms with E-state index in [1.165, 1.54) is 0 Å². The highest BCUT2D eigenvalue weighted by atomic mass is 32.2. The molecule has 2 aromatic rings. The summed E-state index contributed by atoms with van der Waals surface area (Å²) in [6.07, 6.45) is 1.60. The van der Waals surface area contributed by atoms with E-state index < -0.39 is 10.0 Å². The van der Waals surface area contributed by atoms with Crippen molar-refractivity contribution < 1.29 is 8.42 Å². The van der Waals surface area contributed by atoms with Crippen molar-refractivity contribution in [1.29, 1.82) is 5.26 Å². The lowest BCUT2D eigenvalue weighted by Crippen LogP contribution is -2.15. The number of pyridine rings is 1. The van der Waals surface area contributed by atoms with Crippen LogP contribution in [-0.4, -0.2) is 13.4 Å². The van der Waals surface area contributed by atoms with E-state index in [0.29, 0.717) is 16.9 Å². The van der Waals surface area contributed by atoms with Gasteiger partial charge in [-0.3, -0.25) is 4.72 Å². The second-order valence-corrected chi connectivity index (χ2v) is 6.11. The van der Waals surface area contributed by atoms with Gasteiger partial charge in [0.25, 0.3) is 0 Å². The highest BCUT2D eigenvalue weighted by Crippen LogP contribution is 2.11. The van der Waals surface area contributed by atoms with Crippen molar-refractivity contribution >= 4 is 15.8 Å². The lowest BCUT2D eigenvalue weighted by molar-refractivity contribution is 0.600. The van der Waals surface area contributed by atoms with E-state index in [-0.39, 0.29) is 5.75 Å². The fourth-order valence-corrected chi connectivity index (χ4v) is 2.76. The highest BCUT2D eigenvalue weighted by Gasteiger charge is 2.12. The molecule has 0 aliphatic carbocycles. The Balaban J connectivity index is 2.10. The zero-order valence-electron chi connectivity index (χ0n) is 10.9. The van der Waals surface area contributed by atoms with Gasteiger partial charge in [-0.2, -0.15) is 5.26 Å². The molecule has 0 saturated carbocycles. The molecule has 2 rings (SSSR count). The van der Waals surface area contributed by atoms with Gasteiger partial charge >= 0.3 is 0 Å². The summed E-state index contributed by atoms with van der Waals surface area (Å²) in [5.74, 6) is 0.137. The molecule has 0 fully saturated rings. The van der Waals surface area contributed by atoms with Gasteiger partial charge in [-0.05, 0) is 36.2 Å². The quantitative estimate of drug-likeness (QED) is 0.934. The molecular formula is C14H13N3O2S. The first kappa shape index (κ1) is 14.0. The summed E-state index contributed by atoms with van der Waals surface area (Å²) in [6.45, 7) is 1.88. The molecule has 0 bridgehead atoms.